The molecule has 0 aliphatic heterocycles. The highest BCUT2D eigenvalue weighted by Crippen LogP contribution is 2.13. The van der Waals surface area contributed by atoms with E-state index >= 15 is 0 Å². The van der Waals surface area contributed by atoms with Crippen molar-refractivity contribution in [2.24, 2.45) is 5.73 Å². The lowest BCUT2D eigenvalue weighted by Crippen LogP contribution is -2.15. The largest absolute Gasteiger partial charge is 0.482 e. The smallest absolute Gasteiger partial charge is 0.343 e. The number of ether oxygens (including phenoxy) is 2. The van der Waals surface area contributed by atoms with Crippen molar-refractivity contribution in [1.82, 2.24) is 0 Å². The lowest BCUT2D eigenvalue weighted by molar-refractivity contribution is -0.142. The summed E-state index contributed by atoms with van der Waals surface area (Å²) in [6.45, 7) is 1.93. The Morgan fingerprint density at radius 3 is 2.53 bits per heavy atom. The van der Waals surface area contributed by atoms with Crippen LogP contribution in [0, 0.1) is 0 Å². The minimum Gasteiger partial charge on any atom is -0.482 e. The molecule has 0 heterocycles. The molecule has 4 nitrogen and oxygen atoms in total. The summed E-state index contributed by atoms with van der Waals surface area (Å²) in [5.41, 5.74) is 6.91. The molecule has 0 spiro atoms. The first kappa shape index (κ1) is 13.5. The number of rotatable bonds is 6. The van der Waals surface area contributed by atoms with Gasteiger partial charge in [-0.2, -0.15) is 0 Å². The normalized spacial score (nSPS) is 11.9. The molecular weight excluding hydrogens is 218 g/mol. The summed E-state index contributed by atoms with van der Waals surface area (Å²) in [7, 11) is 1.34. The summed E-state index contributed by atoms with van der Waals surface area (Å²) in [5, 5.41) is 0. The minimum absolute atomic E-state index is 0.0598. The van der Waals surface area contributed by atoms with E-state index in [9.17, 15) is 4.79 Å². The van der Waals surface area contributed by atoms with Gasteiger partial charge in [0, 0.05) is 6.04 Å². The molecule has 1 rings (SSSR count). The molecule has 0 radical (unpaired) electrons. The maximum atomic E-state index is 10.9. The van der Waals surface area contributed by atoms with Gasteiger partial charge in [0.25, 0.3) is 0 Å². The lowest BCUT2D eigenvalue weighted by Gasteiger charge is -2.07. The molecule has 1 aromatic rings. The lowest BCUT2D eigenvalue weighted by atomic mass is 10.1. The standard InChI is InChI=1S/C13H19NO3/c1-10(14)3-4-11-5-7-12(8-6-11)17-9-13(15)16-2/h5-8,10H,3-4,9,14H2,1-2H3/t10-/m1/s1. The molecule has 0 saturated heterocycles. The van der Waals surface area contributed by atoms with Gasteiger partial charge >= 0.3 is 5.97 Å². The molecular formula is C13H19NO3. The van der Waals surface area contributed by atoms with E-state index in [2.05, 4.69) is 4.74 Å². The molecule has 0 saturated carbocycles. The number of esters is 1. The fourth-order valence-corrected chi connectivity index (χ4v) is 1.35. The summed E-state index contributed by atoms with van der Waals surface area (Å²) < 4.78 is 9.72. The number of hydrogen-bond donors (Lipinski definition) is 1. The summed E-state index contributed by atoms with van der Waals surface area (Å²) in [6.07, 6.45) is 1.91. The molecule has 0 aliphatic rings. The quantitative estimate of drug-likeness (QED) is 0.762. The zero-order valence-corrected chi connectivity index (χ0v) is 10.3. The Balaban J connectivity index is 2.42. The highest BCUT2D eigenvalue weighted by atomic mass is 16.6. The molecule has 0 amide bonds. The van der Waals surface area contributed by atoms with Gasteiger partial charge in [0.15, 0.2) is 6.61 Å². The number of hydrogen-bond acceptors (Lipinski definition) is 4. The van der Waals surface area contributed by atoms with Crippen molar-refractivity contribution in [2.45, 2.75) is 25.8 Å². The van der Waals surface area contributed by atoms with Crippen molar-refractivity contribution < 1.29 is 14.3 Å². The number of carbonyl (C=O) groups excluding carboxylic acids is 1. The molecule has 1 aromatic carbocycles. The summed E-state index contributed by atoms with van der Waals surface area (Å²) in [5.74, 6) is 0.283. The van der Waals surface area contributed by atoms with E-state index in [1.54, 1.807) is 0 Å². The number of benzene rings is 1. The van der Waals surface area contributed by atoms with E-state index in [1.165, 1.54) is 12.7 Å². The van der Waals surface area contributed by atoms with E-state index < -0.39 is 0 Å². The van der Waals surface area contributed by atoms with Crippen molar-refractivity contribution >= 4 is 5.97 Å². The third kappa shape index (κ3) is 5.36. The summed E-state index contributed by atoms with van der Waals surface area (Å²) in [4.78, 5) is 10.9. The van der Waals surface area contributed by atoms with Crippen LogP contribution in [0.4, 0.5) is 0 Å². The first-order valence-corrected chi connectivity index (χ1v) is 5.66. The predicted octanol–water partition coefficient (Wildman–Crippen LogP) is 1.52. The van der Waals surface area contributed by atoms with Gasteiger partial charge in [0.05, 0.1) is 7.11 Å². The summed E-state index contributed by atoms with van der Waals surface area (Å²) >= 11 is 0. The number of carbonyl (C=O) groups is 1. The van der Waals surface area contributed by atoms with Crippen LogP contribution in [-0.4, -0.2) is 25.7 Å². The molecule has 0 bridgehead atoms. The van der Waals surface area contributed by atoms with Gasteiger partial charge in [-0.3, -0.25) is 0 Å². The Morgan fingerprint density at radius 2 is 2.00 bits per heavy atom. The van der Waals surface area contributed by atoms with Crippen LogP contribution in [0.5, 0.6) is 5.75 Å². The van der Waals surface area contributed by atoms with Crippen LogP contribution >= 0.6 is 0 Å². The molecule has 2 N–H and O–H groups in total. The predicted molar refractivity (Wildman–Crippen MR) is 65.9 cm³/mol. The molecule has 0 unspecified atom stereocenters. The Hall–Kier alpha value is -1.55. The van der Waals surface area contributed by atoms with Crippen molar-refractivity contribution in [1.29, 1.82) is 0 Å². The Kier molecular flexibility index (Phi) is 5.49. The second-order valence-corrected chi connectivity index (χ2v) is 4.02. The average molecular weight is 237 g/mol. The van der Waals surface area contributed by atoms with Crippen LogP contribution in [-0.2, 0) is 16.0 Å². The van der Waals surface area contributed by atoms with E-state index in [0.717, 1.165) is 12.8 Å². The van der Waals surface area contributed by atoms with Crippen LogP contribution in [0.3, 0.4) is 0 Å². The van der Waals surface area contributed by atoms with Crippen molar-refractivity contribution in [2.75, 3.05) is 13.7 Å². The molecule has 94 valence electrons. The van der Waals surface area contributed by atoms with E-state index in [0.29, 0.717) is 5.75 Å². The maximum absolute atomic E-state index is 10.9. The average Bonchev–Trinajstić information content (AvgIpc) is 2.34. The van der Waals surface area contributed by atoms with Gasteiger partial charge in [0.2, 0.25) is 0 Å². The molecule has 17 heavy (non-hydrogen) atoms. The van der Waals surface area contributed by atoms with Crippen LogP contribution < -0.4 is 10.5 Å². The number of aryl methyl sites for hydroxylation is 1. The van der Waals surface area contributed by atoms with Crippen molar-refractivity contribution in [3.8, 4) is 5.75 Å². The second kappa shape index (κ2) is 6.91. The fourth-order valence-electron chi connectivity index (χ4n) is 1.35. The van der Waals surface area contributed by atoms with Crippen LogP contribution in [0.25, 0.3) is 0 Å². The molecule has 0 aliphatic carbocycles. The second-order valence-electron chi connectivity index (χ2n) is 4.02. The van der Waals surface area contributed by atoms with Gasteiger partial charge in [-0.15, -0.1) is 0 Å². The molecule has 4 heteroatoms. The van der Waals surface area contributed by atoms with Crippen LogP contribution in [0.1, 0.15) is 18.9 Å². The molecule has 1 atom stereocenters. The Morgan fingerprint density at radius 1 is 1.35 bits per heavy atom. The minimum atomic E-state index is -0.383. The number of nitrogens with two attached hydrogens (primary N) is 1. The first-order chi connectivity index (χ1) is 8.11. The van der Waals surface area contributed by atoms with Gasteiger partial charge in [0.1, 0.15) is 5.75 Å². The zero-order valence-electron chi connectivity index (χ0n) is 10.3. The van der Waals surface area contributed by atoms with Crippen molar-refractivity contribution in [3.63, 3.8) is 0 Å². The SMILES string of the molecule is COC(=O)COc1ccc(CC[C@@H](C)N)cc1. The Labute approximate surface area is 102 Å². The zero-order chi connectivity index (χ0) is 12.7. The maximum Gasteiger partial charge on any atom is 0.343 e. The monoisotopic (exact) mass is 237 g/mol. The molecule has 0 fully saturated rings. The Bertz CT molecular complexity index is 346. The number of methoxy groups -OCH3 is 1. The topological polar surface area (TPSA) is 61.5 Å². The van der Waals surface area contributed by atoms with Gasteiger partial charge in [-0.25, -0.2) is 4.79 Å². The van der Waals surface area contributed by atoms with Crippen molar-refractivity contribution in [3.05, 3.63) is 29.8 Å². The van der Waals surface area contributed by atoms with Gasteiger partial charge < -0.3 is 15.2 Å². The third-order valence-corrected chi connectivity index (χ3v) is 2.40. The summed E-state index contributed by atoms with van der Waals surface area (Å²) in [6, 6.07) is 7.87. The van der Waals surface area contributed by atoms with Crippen LogP contribution in [0.2, 0.25) is 0 Å². The van der Waals surface area contributed by atoms with E-state index in [1.807, 2.05) is 31.2 Å². The molecule has 0 aromatic heterocycles. The first-order valence-electron chi connectivity index (χ1n) is 5.66. The third-order valence-electron chi connectivity index (χ3n) is 2.40. The van der Waals surface area contributed by atoms with E-state index in [-0.39, 0.29) is 18.6 Å². The van der Waals surface area contributed by atoms with Gasteiger partial charge in [-0.1, -0.05) is 12.1 Å². The van der Waals surface area contributed by atoms with E-state index in [4.69, 9.17) is 10.5 Å². The van der Waals surface area contributed by atoms with Crippen LogP contribution in [0.15, 0.2) is 24.3 Å². The fraction of sp³-hybridized carbons (Fsp3) is 0.462. The van der Waals surface area contributed by atoms with Gasteiger partial charge in [-0.05, 0) is 37.5 Å². The highest BCUT2D eigenvalue weighted by Gasteiger charge is 2.02. The highest BCUT2D eigenvalue weighted by molar-refractivity contribution is 5.70.